The van der Waals surface area contributed by atoms with Crippen LogP contribution in [-0.4, -0.2) is 16.0 Å². The fourth-order valence-corrected chi connectivity index (χ4v) is 2.54. The summed E-state index contributed by atoms with van der Waals surface area (Å²) in [6, 6.07) is 16.9. The Morgan fingerprint density at radius 2 is 1.86 bits per heavy atom. The Balaban J connectivity index is 1.89. The van der Waals surface area contributed by atoms with Crippen LogP contribution in [0.3, 0.4) is 0 Å². The maximum atomic E-state index is 12.3. The zero-order chi connectivity index (χ0) is 15.5. The summed E-state index contributed by atoms with van der Waals surface area (Å²) < 4.78 is 0. The minimum absolute atomic E-state index is 0.0367. The molecule has 0 saturated heterocycles. The molecule has 3 aromatic rings. The molecule has 4 nitrogen and oxygen atoms in total. The summed E-state index contributed by atoms with van der Waals surface area (Å²) in [4.78, 5) is 16.2. The van der Waals surface area contributed by atoms with Gasteiger partial charge in [0.25, 0.3) is 5.91 Å². The van der Waals surface area contributed by atoms with Crippen LogP contribution in [0.2, 0.25) is 0 Å². The molecule has 0 saturated carbocycles. The van der Waals surface area contributed by atoms with Gasteiger partial charge >= 0.3 is 0 Å². The Labute approximate surface area is 128 Å². The molecule has 0 spiro atoms. The monoisotopic (exact) mass is 292 g/mol. The van der Waals surface area contributed by atoms with Crippen LogP contribution in [0.5, 0.6) is 5.75 Å². The third-order valence-corrected chi connectivity index (χ3v) is 3.64. The van der Waals surface area contributed by atoms with Crippen LogP contribution in [0.1, 0.15) is 29.0 Å². The van der Waals surface area contributed by atoms with Crippen LogP contribution < -0.4 is 5.32 Å². The molecule has 3 rings (SSSR count). The highest BCUT2D eigenvalue weighted by molar-refractivity contribution is 5.95. The molecule has 1 heterocycles. The van der Waals surface area contributed by atoms with Crippen molar-refractivity contribution in [1.82, 2.24) is 10.3 Å². The Morgan fingerprint density at radius 1 is 1.09 bits per heavy atom. The maximum Gasteiger partial charge on any atom is 0.274 e. The minimum Gasteiger partial charge on any atom is -0.505 e. The van der Waals surface area contributed by atoms with Gasteiger partial charge in [-0.2, -0.15) is 0 Å². The number of aromatic nitrogens is 1. The molecule has 1 unspecified atom stereocenters. The highest BCUT2D eigenvalue weighted by Gasteiger charge is 2.16. The quantitative estimate of drug-likeness (QED) is 0.777. The Morgan fingerprint density at radius 3 is 2.68 bits per heavy atom. The van der Waals surface area contributed by atoms with Crippen molar-refractivity contribution < 1.29 is 9.90 Å². The average Bonchev–Trinajstić information content (AvgIpc) is 2.54. The number of rotatable bonds is 3. The highest BCUT2D eigenvalue weighted by atomic mass is 16.3. The largest absolute Gasteiger partial charge is 0.505 e. The van der Waals surface area contributed by atoms with Crippen molar-refractivity contribution in [2.45, 2.75) is 13.0 Å². The number of aromatic hydroxyl groups is 1. The van der Waals surface area contributed by atoms with E-state index in [1.807, 2.05) is 49.4 Å². The molecular weight excluding hydrogens is 276 g/mol. The number of nitrogens with zero attached hydrogens (tertiary/aromatic N) is 1. The van der Waals surface area contributed by atoms with Crippen molar-refractivity contribution in [3.05, 3.63) is 72.1 Å². The van der Waals surface area contributed by atoms with E-state index in [9.17, 15) is 9.90 Å². The molecule has 2 aromatic carbocycles. The van der Waals surface area contributed by atoms with Crippen LogP contribution in [-0.2, 0) is 0 Å². The predicted molar refractivity (Wildman–Crippen MR) is 85.7 cm³/mol. The van der Waals surface area contributed by atoms with E-state index in [0.717, 1.165) is 16.3 Å². The smallest absolute Gasteiger partial charge is 0.274 e. The summed E-state index contributed by atoms with van der Waals surface area (Å²) in [6.07, 6.45) is 1.48. The lowest BCUT2D eigenvalue weighted by Gasteiger charge is -2.16. The lowest BCUT2D eigenvalue weighted by Crippen LogP contribution is -2.27. The van der Waals surface area contributed by atoms with Crippen molar-refractivity contribution in [3.8, 4) is 5.75 Å². The van der Waals surface area contributed by atoms with Gasteiger partial charge < -0.3 is 10.4 Å². The summed E-state index contributed by atoms with van der Waals surface area (Å²) in [5, 5.41) is 14.8. The number of pyridine rings is 1. The Kier molecular flexibility index (Phi) is 3.74. The van der Waals surface area contributed by atoms with Gasteiger partial charge in [0.2, 0.25) is 0 Å². The number of carbonyl (C=O) groups excluding carboxylic acids is 1. The molecule has 0 aliphatic carbocycles. The third-order valence-electron chi connectivity index (χ3n) is 3.64. The predicted octanol–water partition coefficient (Wildman–Crippen LogP) is 3.43. The molecule has 0 fully saturated rings. The van der Waals surface area contributed by atoms with Gasteiger partial charge in [0.15, 0.2) is 5.69 Å². The van der Waals surface area contributed by atoms with Crippen LogP contribution in [0.15, 0.2) is 60.8 Å². The third kappa shape index (κ3) is 2.63. The highest BCUT2D eigenvalue weighted by Crippen LogP contribution is 2.24. The first kappa shape index (κ1) is 14.1. The number of hydrogen-bond acceptors (Lipinski definition) is 3. The number of benzene rings is 2. The van der Waals surface area contributed by atoms with Crippen LogP contribution in [0.4, 0.5) is 0 Å². The SMILES string of the molecule is CC(NC(=O)c1ncccc1O)c1cccc2ccccc12. The first-order chi connectivity index (χ1) is 10.7. The second-order valence-electron chi connectivity index (χ2n) is 5.13. The first-order valence-electron chi connectivity index (χ1n) is 7.09. The van der Waals surface area contributed by atoms with E-state index in [2.05, 4.69) is 10.3 Å². The van der Waals surface area contributed by atoms with Crippen molar-refractivity contribution in [2.24, 2.45) is 0 Å². The number of carbonyl (C=O) groups is 1. The van der Waals surface area contributed by atoms with Crippen LogP contribution in [0, 0.1) is 0 Å². The van der Waals surface area contributed by atoms with E-state index in [1.165, 1.54) is 12.3 Å². The van der Waals surface area contributed by atoms with Gasteiger partial charge in [0, 0.05) is 6.20 Å². The molecule has 2 N–H and O–H groups in total. The molecule has 22 heavy (non-hydrogen) atoms. The topological polar surface area (TPSA) is 62.2 Å². The zero-order valence-corrected chi connectivity index (χ0v) is 12.2. The number of nitrogens with one attached hydrogen (secondary N) is 1. The molecule has 110 valence electrons. The Bertz CT molecular complexity index is 825. The Hall–Kier alpha value is -2.88. The maximum absolute atomic E-state index is 12.3. The summed E-state index contributed by atoms with van der Waals surface area (Å²) >= 11 is 0. The number of amides is 1. The van der Waals surface area contributed by atoms with E-state index < -0.39 is 5.91 Å². The second kappa shape index (κ2) is 5.85. The van der Waals surface area contributed by atoms with Gasteiger partial charge in [-0.1, -0.05) is 42.5 Å². The molecule has 0 aliphatic rings. The van der Waals surface area contributed by atoms with Gasteiger partial charge in [-0.05, 0) is 35.4 Å². The molecule has 0 bridgehead atoms. The molecule has 1 amide bonds. The standard InChI is InChI=1S/C18H16N2O2/c1-12(20-18(22)17-16(21)10-5-11-19-17)14-9-4-7-13-6-2-3-8-15(13)14/h2-12,21H,1H3,(H,20,22). The second-order valence-corrected chi connectivity index (χ2v) is 5.13. The lowest BCUT2D eigenvalue weighted by molar-refractivity contribution is 0.0932. The van der Waals surface area contributed by atoms with E-state index in [4.69, 9.17) is 0 Å². The van der Waals surface area contributed by atoms with Crippen LogP contribution >= 0.6 is 0 Å². The van der Waals surface area contributed by atoms with Crippen molar-refractivity contribution in [3.63, 3.8) is 0 Å². The van der Waals surface area contributed by atoms with E-state index in [1.54, 1.807) is 6.07 Å². The van der Waals surface area contributed by atoms with Gasteiger partial charge in [-0.3, -0.25) is 4.79 Å². The lowest BCUT2D eigenvalue weighted by atomic mass is 9.99. The molecule has 1 atom stereocenters. The fourth-order valence-electron chi connectivity index (χ4n) is 2.54. The normalized spacial score (nSPS) is 12.0. The first-order valence-corrected chi connectivity index (χ1v) is 7.09. The molecule has 1 aromatic heterocycles. The molecular formula is C18H16N2O2. The van der Waals surface area contributed by atoms with E-state index >= 15 is 0 Å². The molecule has 0 aliphatic heterocycles. The van der Waals surface area contributed by atoms with Crippen LogP contribution in [0.25, 0.3) is 10.8 Å². The summed E-state index contributed by atoms with van der Waals surface area (Å²) in [5.74, 6) is -0.511. The van der Waals surface area contributed by atoms with Gasteiger partial charge in [-0.25, -0.2) is 4.98 Å². The average molecular weight is 292 g/mol. The number of hydrogen-bond donors (Lipinski definition) is 2. The fraction of sp³-hybridized carbons (Fsp3) is 0.111. The van der Waals surface area contributed by atoms with E-state index in [0.29, 0.717) is 0 Å². The molecule has 0 radical (unpaired) electrons. The summed E-state index contributed by atoms with van der Waals surface area (Å²) in [7, 11) is 0. The van der Waals surface area contributed by atoms with Crippen molar-refractivity contribution in [1.29, 1.82) is 0 Å². The number of fused-ring (bicyclic) bond motifs is 1. The van der Waals surface area contributed by atoms with Gasteiger partial charge in [0.1, 0.15) is 5.75 Å². The molecule has 4 heteroatoms. The van der Waals surface area contributed by atoms with Crippen molar-refractivity contribution >= 4 is 16.7 Å². The van der Waals surface area contributed by atoms with Crippen molar-refractivity contribution in [2.75, 3.05) is 0 Å². The summed E-state index contributed by atoms with van der Waals surface area (Å²) in [6.45, 7) is 1.92. The summed E-state index contributed by atoms with van der Waals surface area (Å²) in [5.41, 5.74) is 1.07. The zero-order valence-electron chi connectivity index (χ0n) is 12.2. The van der Waals surface area contributed by atoms with E-state index in [-0.39, 0.29) is 17.5 Å². The minimum atomic E-state index is -0.390. The van der Waals surface area contributed by atoms with Gasteiger partial charge in [0.05, 0.1) is 6.04 Å². The van der Waals surface area contributed by atoms with Gasteiger partial charge in [-0.15, -0.1) is 0 Å².